The quantitative estimate of drug-likeness (QED) is 0.130. The third kappa shape index (κ3) is 5.25. The SMILES string of the molecule is CC1(C)c2ccccc2-c2c(-c3cccc(-c4cc(-c5c6ccccc6c(-c6ccccc6)c6ccc7ccccc7c56)nc(-c5ccccc5)n4)c3)cccc21. The van der Waals surface area contributed by atoms with Crippen molar-refractivity contribution in [2.75, 3.05) is 0 Å². The molecule has 0 fully saturated rings. The van der Waals surface area contributed by atoms with Gasteiger partial charge in [-0.25, -0.2) is 9.97 Å². The maximum Gasteiger partial charge on any atom is 0.160 e. The van der Waals surface area contributed by atoms with Gasteiger partial charge in [-0.15, -0.1) is 0 Å². The molecule has 0 spiro atoms. The Labute approximate surface area is 332 Å². The fourth-order valence-corrected chi connectivity index (χ4v) is 9.41. The molecule has 0 unspecified atom stereocenters. The summed E-state index contributed by atoms with van der Waals surface area (Å²) in [6.45, 7) is 4.68. The van der Waals surface area contributed by atoms with Crippen LogP contribution in [0.4, 0.5) is 0 Å². The van der Waals surface area contributed by atoms with E-state index >= 15 is 0 Å². The lowest BCUT2D eigenvalue weighted by molar-refractivity contribution is 0.660. The van der Waals surface area contributed by atoms with Crippen molar-refractivity contribution in [2.45, 2.75) is 19.3 Å². The molecule has 2 nitrogen and oxygen atoms in total. The second-order valence-electron chi connectivity index (χ2n) is 15.7. The molecular formula is C55H38N2. The van der Waals surface area contributed by atoms with E-state index in [-0.39, 0.29) is 5.41 Å². The van der Waals surface area contributed by atoms with E-state index in [2.05, 4.69) is 202 Å². The van der Waals surface area contributed by atoms with Gasteiger partial charge in [-0.3, -0.25) is 0 Å². The van der Waals surface area contributed by atoms with Crippen LogP contribution >= 0.6 is 0 Å². The molecule has 1 aliphatic carbocycles. The van der Waals surface area contributed by atoms with Crippen LogP contribution in [0.25, 0.3) is 99.6 Å². The Morgan fingerprint density at radius 2 is 0.930 bits per heavy atom. The lowest BCUT2D eigenvalue weighted by Gasteiger charge is -2.21. The molecule has 0 bridgehead atoms. The third-order valence-corrected chi connectivity index (χ3v) is 12.1. The van der Waals surface area contributed by atoms with Crippen LogP contribution in [0.1, 0.15) is 25.0 Å². The highest BCUT2D eigenvalue weighted by Crippen LogP contribution is 2.52. The van der Waals surface area contributed by atoms with Crippen molar-refractivity contribution in [3.05, 3.63) is 205 Å². The molecule has 0 amide bonds. The van der Waals surface area contributed by atoms with Crippen molar-refractivity contribution in [1.29, 1.82) is 0 Å². The van der Waals surface area contributed by atoms with E-state index in [4.69, 9.17) is 9.97 Å². The van der Waals surface area contributed by atoms with Crippen molar-refractivity contribution < 1.29 is 0 Å². The highest BCUT2D eigenvalue weighted by atomic mass is 14.9. The monoisotopic (exact) mass is 726 g/mol. The fourth-order valence-electron chi connectivity index (χ4n) is 9.41. The lowest BCUT2D eigenvalue weighted by Crippen LogP contribution is -2.14. The zero-order chi connectivity index (χ0) is 38.1. The first-order chi connectivity index (χ1) is 28.0. The Balaban J connectivity index is 1.19. The fraction of sp³-hybridized carbons (Fsp3) is 0.0545. The molecule has 57 heavy (non-hydrogen) atoms. The molecule has 0 saturated carbocycles. The minimum Gasteiger partial charge on any atom is -0.228 e. The van der Waals surface area contributed by atoms with Gasteiger partial charge in [0, 0.05) is 27.5 Å². The Morgan fingerprint density at radius 3 is 1.74 bits per heavy atom. The summed E-state index contributed by atoms with van der Waals surface area (Å²) in [6.07, 6.45) is 0. The van der Waals surface area contributed by atoms with Crippen molar-refractivity contribution in [2.24, 2.45) is 0 Å². The highest BCUT2D eigenvalue weighted by Gasteiger charge is 2.36. The van der Waals surface area contributed by atoms with E-state index in [9.17, 15) is 0 Å². The van der Waals surface area contributed by atoms with Crippen LogP contribution in [0.5, 0.6) is 0 Å². The lowest BCUT2D eigenvalue weighted by atomic mass is 9.82. The third-order valence-electron chi connectivity index (χ3n) is 12.1. The number of aromatic nitrogens is 2. The number of hydrogen-bond acceptors (Lipinski definition) is 2. The average Bonchev–Trinajstić information content (AvgIpc) is 3.51. The standard InChI is InChI=1S/C55H38N2/c1-55(2)46-29-14-13-27-44(46)51-41(28-16-30-47(51)55)38-22-15-23-39(33-38)48-34-49(57-54(56-48)37-20-7-4-8-21-37)53-43-26-12-11-25-42(43)50(36-18-5-3-6-19-36)45-32-31-35-17-9-10-24-40(35)52(45)53/h3-34H,1-2H3. The molecule has 268 valence electrons. The summed E-state index contributed by atoms with van der Waals surface area (Å²) in [5.41, 5.74) is 15.1. The van der Waals surface area contributed by atoms with Crippen molar-refractivity contribution in [1.82, 2.24) is 9.97 Å². The minimum atomic E-state index is -0.0720. The Hall–Kier alpha value is -7.16. The molecule has 2 heteroatoms. The van der Waals surface area contributed by atoms with Gasteiger partial charge in [-0.2, -0.15) is 0 Å². The van der Waals surface area contributed by atoms with Crippen LogP contribution in [0.2, 0.25) is 0 Å². The van der Waals surface area contributed by atoms with E-state index in [1.165, 1.54) is 76.8 Å². The van der Waals surface area contributed by atoms with Gasteiger partial charge in [0.1, 0.15) is 0 Å². The van der Waals surface area contributed by atoms with Gasteiger partial charge in [0.2, 0.25) is 0 Å². The summed E-state index contributed by atoms with van der Waals surface area (Å²) < 4.78 is 0. The molecule has 0 N–H and O–H groups in total. The second kappa shape index (κ2) is 13.0. The summed E-state index contributed by atoms with van der Waals surface area (Å²) >= 11 is 0. The average molecular weight is 727 g/mol. The number of fused-ring (bicyclic) bond motifs is 7. The molecule has 0 saturated heterocycles. The minimum absolute atomic E-state index is 0.0720. The first-order valence-electron chi connectivity index (χ1n) is 19.8. The first kappa shape index (κ1) is 33.2. The number of rotatable bonds is 5. The summed E-state index contributed by atoms with van der Waals surface area (Å²) in [6, 6.07) is 70.1. The van der Waals surface area contributed by atoms with E-state index in [0.29, 0.717) is 5.82 Å². The van der Waals surface area contributed by atoms with Gasteiger partial charge in [0.15, 0.2) is 5.82 Å². The Kier molecular flexibility index (Phi) is 7.55. The summed E-state index contributed by atoms with van der Waals surface area (Å²) in [7, 11) is 0. The molecule has 0 atom stereocenters. The van der Waals surface area contributed by atoms with Crippen LogP contribution in [0.3, 0.4) is 0 Å². The molecule has 1 aliphatic rings. The van der Waals surface area contributed by atoms with Crippen LogP contribution in [-0.4, -0.2) is 9.97 Å². The Bertz CT molecular complexity index is 3200. The van der Waals surface area contributed by atoms with Gasteiger partial charge in [-0.05, 0) is 83.6 Å². The molecule has 11 rings (SSSR count). The molecule has 10 aromatic rings. The summed E-state index contributed by atoms with van der Waals surface area (Å²) in [4.78, 5) is 10.8. The first-order valence-corrected chi connectivity index (χ1v) is 19.8. The van der Waals surface area contributed by atoms with Crippen molar-refractivity contribution >= 4 is 32.3 Å². The summed E-state index contributed by atoms with van der Waals surface area (Å²) in [5.74, 6) is 0.703. The molecule has 0 aliphatic heterocycles. The smallest absolute Gasteiger partial charge is 0.160 e. The number of nitrogens with zero attached hydrogens (tertiary/aromatic N) is 2. The zero-order valence-electron chi connectivity index (χ0n) is 31.9. The van der Waals surface area contributed by atoms with Crippen LogP contribution in [0, 0.1) is 0 Å². The summed E-state index contributed by atoms with van der Waals surface area (Å²) in [5, 5.41) is 7.18. The predicted molar refractivity (Wildman–Crippen MR) is 239 cm³/mol. The predicted octanol–water partition coefficient (Wildman–Crippen LogP) is 14.6. The van der Waals surface area contributed by atoms with Gasteiger partial charge in [-0.1, -0.05) is 196 Å². The highest BCUT2D eigenvalue weighted by molar-refractivity contribution is 6.27. The topological polar surface area (TPSA) is 25.8 Å². The van der Waals surface area contributed by atoms with Crippen molar-refractivity contribution in [3.63, 3.8) is 0 Å². The zero-order valence-corrected chi connectivity index (χ0v) is 31.9. The van der Waals surface area contributed by atoms with Crippen LogP contribution in [0.15, 0.2) is 194 Å². The normalized spacial score (nSPS) is 12.9. The van der Waals surface area contributed by atoms with E-state index < -0.39 is 0 Å². The Morgan fingerprint density at radius 1 is 0.351 bits per heavy atom. The van der Waals surface area contributed by atoms with E-state index in [0.717, 1.165) is 28.1 Å². The van der Waals surface area contributed by atoms with Crippen molar-refractivity contribution in [3.8, 4) is 67.3 Å². The number of benzene rings is 9. The van der Waals surface area contributed by atoms with E-state index in [1.807, 2.05) is 6.07 Å². The second-order valence-corrected chi connectivity index (χ2v) is 15.7. The number of hydrogen-bond donors (Lipinski definition) is 0. The van der Waals surface area contributed by atoms with Crippen LogP contribution < -0.4 is 0 Å². The molecular weight excluding hydrogens is 689 g/mol. The van der Waals surface area contributed by atoms with Gasteiger partial charge in [0.05, 0.1) is 11.4 Å². The largest absolute Gasteiger partial charge is 0.228 e. The van der Waals surface area contributed by atoms with Gasteiger partial charge >= 0.3 is 0 Å². The molecule has 1 heterocycles. The molecule has 1 aromatic heterocycles. The maximum atomic E-state index is 5.47. The van der Waals surface area contributed by atoms with Gasteiger partial charge < -0.3 is 0 Å². The maximum absolute atomic E-state index is 5.47. The van der Waals surface area contributed by atoms with Crippen LogP contribution in [-0.2, 0) is 5.41 Å². The van der Waals surface area contributed by atoms with Gasteiger partial charge in [0.25, 0.3) is 0 Å². The molecule has 9 aromatic carbocycles. The van der Waals surface area contributed by atoms with E-state index in [1.54, 1.807) is 0 Å². The molecule has 0 radical (unpaired) electrons.